The van der Waals surface area contributed by atoms with Crippen molar-refractivity contribution in [3.8, 4) is 0 Å². The molecule has 1 heterocycles. The van der Waals surface area contributed by atoms with Gasteiger partial charge in [-0.05, 0) is 18.0 Å². The van der Waals surface area contributed by atoms with Gasteiger partial charge >= 0.3 is 28.1 Å². The molecule has 0 aromatic carbocycles. The summed E-state index contributed by atoms with van der Waals surface area (Å²) in [5.74, 6) is 0. The summed E-state index contributed by atoms with van der Waals surface area (Å²) in [6, 6.07) is 0. The molecule has 0 bridgehead atoms. The Morgan fingerprint density at radius 2 is 2.21 bits per heavy atom. The molecule has 0 aliphatic carbocycles. The fourth-order valence-electron chi connectivity index (χ4n) is 1.00. The van der Waals surface area contributed by atoms with Crippen molar-refractivity contribution >= 4 is 35.9 Å². The molecule has 0 spiro atoms. The van der Waals surface area contributed by atoms with Crippen molar-refractivity contribution < 1.29 is 8.37 Å². The van der Waals surface area contributed by atoms with Gasteiger partial charge in [0, 0.05) is 0 Å². The van der Waals surface area contributed by atoms with E-state index in [9.17, 15) is 0 Å². The minimum absolute atomic E-state index is 0.793. The first kappa shape index (κ1) is 14.1. The Labute approximate surface area is 99.8 Å². The van der Waals surface area contributed by atoms with E-state index in [1.165, 1.54) is 12.8 Å². The van der Waals surface area contributed by atoms with Gasteiger partial charge in [-0.15, -0.1) is 0 Å². The van der Waals surface area contributed by atoms with Gasteiger partial charge in [-0.2, -0.15) is 0 Å². The van der Waals surface area contributed by atoms with Crippen LogP contribution in [0.3, 0.4) is 0 Å². The summed E-state index contributed by atoms with van der Waals surface area (Å²) in [5, 5.41) is 0.793. The van der Waals surface area contributed by atoms with Gasteiger partial charge < -0.3 is 0 Å². The second kappa shape index (κ2) is 8.43. The molecule has 0 saturated carbocycles. The minimum atomic E-state index is -1.03. The Kier molecular flexibility index (Phi) is 8.51. The van der Waals surface area contributed by atoms with Crippen molar-refractivity contribution in [2.45, 2.75) is 26.3 Å². The first-order valence-corrected chi connectivity index (χ1v) is 7.00. The van der Waals surface area contributed by atoms with Gasteiger partial charge in [-0.3, -0.25) is 0 Å². The molecule has 78 valence electrons. The monoisotopic (exact) mass is 251 g/mol. The number of rotatable bonds is 3. The Balaban J connectivity index is 0.000000500. The van der Waals surface area contributed by atoms with Crippen molar-refractivity contribution in [1.29, 1.82) is 0 Å². The zero-order valence-corrected chi connectivity index (χ0v) is 11.1. The number of aryl methyl sites for hydroxylation is 2. The van der Waals surface area contributed by atoms with Crippen molar-refractivity contribution in [1.82, 2.24) is 4.57 Å². The van der Waals surface area contributed by atoms with Crippen molar-refractivity contribution in [2.75, 3.05) is 0 Å². The molecule has 3 nitrogen and oxygen atoms in total. The van der Waals surface area contributed by atoms with Crippen LogP contribution in [0.2, 0.25) is 5.15 Å². The third-order valence-electron chi connectivity index (χ3n) is 1.70. The number of hydrogen-bond donors (Lipinski definition) is 0. The van der Waals surface area contributed by atoms with Crippen LogP contribution in [0.1, 0.15) is 19.8 Å². The number of unbranched alkanes of at least 4 members (excludes halogenated alkanes) is 1. The van der Waals surface area contributed by atoms with E-state index in [-0.39, 0.29) is 0 Å². The van der Waals surface area contributed by atoms with Gasteiger partial charge in [0.2, 0.25) is 11.5 Å². The van der Waals surface area contributed by atoms with Crippen LogP contribution in [0.5, 0.6) is 0 Å². The van der Waals surface area contributed by atoms with E-state index in [2.05, 4.69) is 21.5 Å². The fourth-order valence-corrected chi connectivity index (χ4v) is 1.17. The molecule has 6 heteroatoms. The third kappa shape index (κ3) is 5.77. The summed E-state index contributed by atoms with van der Waals surface area (Å²) in [4.78, 5) is 0. The predicted molar refractivity (Wildman–Crippen MR) is 57.8 cm³/mol. The van der Waals surface area contributed by atoms with E-state index in [1.54, 1.807) is 0 Å². The molecule has 1 aromatic heterocycles. The quantitative estimate of drug-likeness (QED) is 0.596. The van der Waals surface area contributed by atoms with Crippen molar-refractivity contribution in [3.05, 3.63) is 17.7 Å². The van der Waals surface area contributed by atoms with Gasteiger partial charge in [0.15, 0.2) is 0 Å². The summed E-state index contributed by atoms with van der Waals surface area (Å²) in [5.41, 5.74) is 0. The molecule has 0 N–H and O–H groups in total. The average Bonchev–Trinajstić information content (AvgIpc) is 2.44. The molecular formula is C8H14AlCl2N2O+. The molecule has 0 aliphatic rings. The number of imidazole rings is 1. The number of nitrogens with zero attached hydrogens (tertiary/aromatic N) is 2. The Morgan fingerprint density at radius 3 is 2.57 bits per heavy atom. The van der Waals surface area contributed by atoms with E-state index < -0.39 is 14.2 Å². The first-order valence-electron chi connectivity index (χ1n) is 4.40. The van der Waals surface area contributed by atoms with Crippen LogP contribution in [-0.4, -0.2) is 18.8 Å². The second-order valence-corrected chi connectivity index (χ2v) is 3.96. The zero-order chi connectivity index (χ0) is 11.0. The van der Waals surface area contributed by atoms with E-state index in [0.29, 0.717) is 0 Å². The molecule has 0 aliphatic heterocycles. The van der Waals surface area contributed by atoms with E-state index >= 15 is 0 Å². The summed E-state index contributed by atoms with van der Waals surface area (Å²) >= 11 is 4.82. The summed E-state index contributed by atoms with van der Waals surface area (Å²) in [7, 11) is 6.48. The molecule has 0 atom stereocenters. The van der Waals surface area contributed by atoms with Crippen LogP contribution in [0.15, 0.2) is 12.5 Å². The van der Waals surface area contributed by atoms with E-state index in [4.69, 9.17) is 15.4 Å². The summed E-state index contributed by atoms with van der Waals surface area (Å²) in [6.07, 6.45) is 6.40. The predicted octanol–water partition coefficient (Wildman–Crippen LogP) is 1.96. The molecule has 1 rings (SSSR count). The van der Waals surface area contributed by atoms with Gasteiger partial charge in [0.05, 0.1) is 13.6 Å². The van der Waals surface area contributed by atoms with Crippen molar-refractivity contribution in [2.24, 2.45) is 7.05 Å². The Hall–Kier alpha value is 0.122. The first-order chi connectivity index (χ1) is 6.65. The molecule has 0 saturated heterocycles. The normalized spacial score (nSPS) is 8.86. The molecule has 0 unspecified atom stereocenters. The van der Waals surface area contributed by atoms with Crippen LogP contribution in [0.4, 0.5) is 0 Å². The summed E-state index contributed by atoms with van der Waals surface area (Å²) in [6.45, 7) is 3.25. The molecule has 0 amide bonds. The van der Waals surface area contributed by atoms with Crippen LogP contribution >= 0.6 is 21.7 Å². The van der Waals surface area contributed by atoms with Gasteiger partial charge in [0.25, 0.3) is 0 Å². The molecule has 1 aromatic rings. The Bertz CT molecular complexity index is 259. The van der Waals surface area contributed by atoms with Crippen LogP contribution in [-0.2, 0) is 17.4 Å². The maximum atomic E-state index is 8.78. The molecular weight excluding hydrogens is 238 g/mol. The van der Waals surface area contributed by atoms with E-state index in [1.807, 2.05) is 24.1 Å². The number of aromatic nitrogens is 2. The van der Waals surface area contributed by atoms with Gasteiger partial charge in [-0.25, -0.2) is 9.13 Å². The van der Waals surface area contributed by atoms with Crippen LogP contribution in [0.25, 0.3) is 0 Å². The van der Waals surface area contributed by atoms with Crippen LogP contribution < -0.4 is 4.57 Å². The Morgan fingerprint density at radius 1 is 1.64 bits per heavy atom. The molecule has 0 radical (unpaired) electrons. The number of hydrogen-bond acceptors (Lipinski definition) is 1. The fraction of sp³-hybridized carbons (Fsp3) is 0.625. The third-order valence-corrected chi connectivity index (χ3v) is 2.06. The molecule has 14 heavy (non-hydrogen) atoms. The average molecular weight is 252 g/mol. The standard InChI is InChI=1S/C8H14ClN2.Al.ClH.O/c1-3-4-5-11-6-8(9)10(2)7-11;;;/h6-7H,3-5H2,1-2H3;;1H;/q2*+1;;/p-1. The van der Waals surface area contributed by atoms with Gasteiger partial charge in [0.1, 0.15) is 6.20 Å². The van der Waals surface area contributed by atoms with Crippen molar-refractivity contribution in [3.63, 3.8) is 0 Å². The van der Waals surface area contributed by atoms with Gasteiger partial charge in [-0.1, -0.05) is 13.3 Å². The number of halogens is 2. The van der Waals surface area contributed by atoms with Crippen LogP contribution in [0, 0.1) is 0 Å². The topological polar surface area (TPSA) is 25.9 Å². The maximum absolute atomic E-state index is 8.78. The van der Waals surface area contributed by atoms with E-state index in [0.717, 1.165) is 11.7 Å². The zero-order valence-electron chi connectivity index (χ0n) is 8.41. The molecule has 0 fully saturated rings. The second-order valence-electron chi connectivity index (χ2n) is 2.86. The SMILES string of the molecule is CCCCn1cc(Cl)[n+](C)c1.[O]=[Al][Cl]. The summed E-state index contributed by atoms with van der Waals surface area (Å²) < 4.78 is 12.8.